The van der Waals surface area contributed by atoms with Gasteiger partial charge in [0.1, 0.15) is 0 Å². The lowest BCUT2D eigenvalue weighted by atomic mass is 9.99. The predicted octanol–water partition coefficient (Wildman–Crippen LogP) is 3.35. The van der Waals surface area contributed by atoms with E-state index in [0.717, 1.165) is 50.9 Å². The molecule has 0 unspecified atom stereocenters. The number of nitrogens with zero attached hydrogens (tertiary/aromatic N) is 4. The fourth-order valence-electron chi connectivity index (χ4n) is 4.09. The first-order valence-electron chi connectivity index (χ1n) is 10.7. The number of carbonyl (C=O) groups excluding carboxylic acids is 1. The van der Waals surface area contributed by atoms with Gasteiger partial charge in [0.05, 0.1) is 12.2 Å². The minimum atomic E-state index is -0.00928. The van der Waals surface area contributed by atoms with Crippen molar-refractivity contribution in [1.29, 1.82) is 0 Å². The summed E-state index contributed by atoms with van der Waals surface area (Å²) >= 11 is 0. The lowest BCUT2D eigenvalue weighted by Gasteiger charge is -2.36. The summed E-state index contributed by atoms with van der Waals surface area (Å²) in [6.45, 7) is 8.32. The predicted molar refractivity (Wildman–Crippen MR) is 117 cm³/mol. The van der Waals surface area contributed by atoms with Crippen LogP contribution in [0.15, 0.2) is 48.7 Å². The number of pyridine rings is 1. The van der Waals surface area contributed by atoms with Gasteiger partial charge in [-0.05, 0) is 55.2 Å². The molecule has 2 aliphatic heterocycles. The Bertz CT molecular complexity index is 779. The topological polar surface area (TPSA) is 51.7 Å². The second-order valence-corrected chi connectivity index (χ2v) is 8.14. The summed E-state index contributed by atoms with van der Waals surface area (Å²) in [5.41, 5.74) is 3.45. The average Bonchev–Trinajstić information content (AvgIpc) is 2.79. The molecule has 1 aromatic carbocycles. The maximum atomic E-state index is 12.4. The number of carbonyl (C=O) groups is 1. The van der Waals surface area contributed by atoms with Crippen LogP contribution >= 0.6 is 0 Å². The van der Waals surface area contributed by atoms with Crippen molar-refractivity contribution in [2.24, 2.45) is 5.92 Å². The van der Waals surface area contributed by atoms with Crippen LogP contribution in [0.4, 0.5) is 16.2 Å². The second-order valence-electron chi connectivity index (χ2n) is 8.14. The van der Waals surface area contributed by atoms with Crippen LogP contribution in [0.5, 0.6) is 0 Å². The first-order chi connectivity index (χ1) is 14.2. The molecule has 0 spiro atoms. The summed E-state index contributed by atoms with van der Waals surface area (Å²) < 4.78 is 0. The van der Waals surface area contributed by atoms with Crippen LogP contribution in [-0.4, -0.2) is 55.2 Å². The number of anilines is 2. The third-order valence-electron chi connectivity index (χ3n) is 6.08. The van der Waals surface area contributed by atoms with Crippen molar-refractivity contribution < 1.29 is 4.79 Å². The van der Waals surface area contributed by atoms with E-state index in [-0.39, 0.29) is 6.03 Å². The molecule has 0 radical (unpaired) electrons. The zero-order valence-corrected chi connectivity index (χ0v) is 17.3. The Kier molecular flexibility index (Phi) is 6.17. The summed E-state index contributed by atoms with van der Waals surface area (Å²) in [6.07, 6.45) is 4.32. The van der Waals surface area contributed by atoms with Crippen LogP contribution < -0.4 is 15.1 Å². The lowest BCUT2D eigenvalue weighted by Crippen LogP contribution is -2.51. The van der Waals surface area contributed by atoms with E-state index in [1.807, 2.05) is 23.1 Å². The number of piperidine rings is 1. The number of aromatic nitrogens is 1. The summed E-state index contributed by atoms with van der Waals surface area (Å²) in [5.74, 6) is 0.850. The van der Waals surface area contributed by atoms with Crippen molar-refractivity contribution in [3.8, 4) is 0 Å². The molecule has 0 aliphatic carbocycles. The molecule has 154 valence electrons. The number of amides is 2. The van der Waals surface area contributed by atoms with E-state index in [1.165, 1.54) is 24.2 Å². The third-order valence-corrected chi connectivity index (χ3v) is 6.08. The molecule has 2 fully saturated rings. The van der Waals surface area contributed by atoms with Gasteiger partial charge >= 0.3 is 6.03 Å². The third kappa shape index (κ3) is 5.00. The number of hydrogen-bond donors (Lipinski definition) is 1. The monoisotopic (exact) mass is 393 g/mol. The first kappa shape index (κ1) is 19.6. The largest absolute Gasteiger partial charge is 0.372 e. The van der Waals surface area contributed by atoms with Gasteiger partial charge in [0.2, 0.25) is 0 Å². The Balaban J connectivity index is 1.25. The van der Waals surface area contributed by atoms with Gasteiger partial charge in [-0.15, -0.1) is 0 Å². The van der Waals surface area contributed by atoms with Gasteiger partial charge in [-0.1, -0.05) is 13.0 Å². The zero-order chi connectivity index (χ0) is 20.1. The Morgan fingerprint density at radius 3 is 2.14 bits per heavy atom. The van der Waals surface area contributed by atoms with Crippen LogP contribution in [0.3, 0.4) is 0 Å². The maximum Gasteiger partial charge on any atom is 0.317 e. The van der Waals surface area contributed by atoms with E-state index in [2.05, 4.69) is 51.3 Å². The number of rotatable bonds is 4. The van der Waals surface area contributed by atoms with Crippen molar-refractivity contribution in [3.05, 3.63) is 54.4 Å². The van der Waals surface area contributed by atoms with Gasteiger partial charge in [0, 0.05) is 56.8 Å². The van der Waals surface area contributed by atoms with Crippen LogP contribution in [0.25, 0.3) is 0 Å². The highest BCUT2D eigenvalue weighted by molar-refractivity contribution is 5.74. The van der Waals surface area contributed by atoms with Gasteiger partial charge in [0.25, 0.3) is 0 Å². The molecule has 3 heterocycles. The van der Waals surface area contributed by atoms with Crippen molar-refractivity contribution >= 4 is 17.4 Å². The molecule has 0 bridgehead atoms. The first-order valence-corrected chi connectivity index (χ1v) is 10.7. The maximum absolute atomic E-state index is 12.4. The smallest absolute Gasteiger partial charge is 0.317 e. The number of nitrogens with one attached hydrogen (secondary N) is 1. The van der Waals surface area contributed by atoms with Crippen molar-refractivity contribution in [3.63, 3.8) is 0 Å². The van der Waals surface area contributed by atoms with Gasteiger partial charge in [-0.2, -0.15) is 0 Å². The van der Waals surface area contributed by atoms with E-state index >= 15 is 0 Å². The molecular formula is C23H31N5O. The quantitative estimate of drug-likeness (QED) is 0.866. The summed E-state index contributed by atoms with van der Waals surface area (Å²) in [5, 5.41) is 2.97. The van der Waals surface area contributed by atoms with E-state index in [1.54, 1.807) is 6.20 Å². The number of piperazine rings is 1. The fraction of sp³-hybridized carbons (Fsp3) is 0.478. The Morgan fingerprint density at radius 1 is 0.931 bits per heavy atom. The molecule has 2 aliphatic rings. The average molecular weight is 394 g/mol. The molecule has 1 N–H and O–H groups in total. The van der Waals surface area contributed by atoms with Crippen LogP contribution in [0, 0.1) is 5.92 Å². The van der Waals surface area contributed by atoms with E-state index in [4.69, 9.17) is 0 Å². The molecule has 2 saturated heterocycles. The number of hydrogen-bond acceptors (Lipinski definition) is 4. The van der Waals surface area contributed by atoms with Gasteiger partial charge in [-0.25, -0.2) is 4.79 Å². The molecule has 6 nitrogen and oxygen atoms in total. The molecule has 29 heavy (non-hydrogen) atoms. The Hall–Kier alpha value is -2.76. The van der Waals surface area contributed by atoms with E-state index in [0.29, 0.717) is 6.54 Å². The molecule has 6 heteroatoms. The lowest BCUT2D eigenvalue weighted by molar-refractivity contribution is 0.194. The van der Waals surface area contributed by atoms with Crippen LogP contribution in [-0.2, 0) is 6.54 Å². The van der Waals surface area contributed by atoms with Gasteiger partial charge in [0.15, 0.2) is 0 Å². The van der Waals surface area contributed by atoms with Gasteiger partial charge < -0.3 is 20.0 Å². The molecule has 1 aromatic heterocycles. The minimum absolute atomic E-state index is 0.00928. The normalized spacial score (nSPS) is 18.0. The van der Waals surface area contributed by atoms with Crippen molar-refractivity contribution in [2.45, 2.75) is 26.3 Å². The van der Waals surface area contributed by atoms with Gasteiger partial charge in [-0.3, -0.25) is 4.98 Å². The van der Waals surface area contributed by atoms with Crippen molar-refractivity contribution in [1.82, 2.24) is 15.2 Å². The standard InChI is InChI=1S/C23H31N5O/c1-19-9-12-26(13-10-19)21-5-7-22(8-6-21)27-14-16-28(17-15-27)23(29)25-18-20-4-2-3-11-24-20/h2-8,11,19H,9-10,12-18H2,1H3,(H,25,29). The Labute approximate surface area is 173 Å². The highest BCUT2D eigenvalue weighted by atomic mass is 16.2. The number of urea groups is 1. The summed E-state index contributed by atoms with van der Waals surface area (Å²) in [7, 11) is 0. The highest BCUT2D eigenvalue weighted by Gasteiger charge is 2.22. The molecule has 0 saturated carbocycles. The van der Waals surface area contributed by atoms with E-state index in [9.17, 15) is 4.79 Å². The minimum Gasteiger partial charge on any atom is -0.372 e. The summed E-state index contributed by atoms with van der Waals surface area (Å²) in [4.78, 5) is 23.4. The van der Waals surface area contributed by atoms with Crippen LogP contribution in [0.1, 0.15) is 25.5 Å². The van der Waals surface area contributed by atoms with Crippen LogP contribution in [0.2, 0.25) is 0 Å². The molecular weight excluding hydrogens is 362 g/mol. The number of benzene rings is 1. The van der Waals surface area contributed by atoms with E-state index < -0.39 is 0 Å². The second kappa shape index (κ2) is 9.16. The fourth-order valence-corrected chi connectivity index (χ4v) is 4.09. The summed E-state index contributed by atoms with van der Waals surface area (Å²) in [6, 6.07) is 14.7. The molecule has 0 atom stereocenters. The zero-order valence-electron chi connectivity index (χ0n) is 17.3. The SMILES string of the molecule is CC1CCN(c2ccc(N3CCN(C(=O)NCc4ccccn4)CC3)cc2)CC1. The molecule has 2 aromatic rings. The van der Waals surface area contributed by atoms with Crippen molar-refractivity contribution in [2.75, 3.05) is 49.1 Å². The molecule has 2 amide bonds. The highest BCUT2D eigenvalue weighted by Crippen LogP contribution is 2.26. The Morgan fingerprint density at radius 2 is 1.55 bits per heavy atom. The molecule has 4 rings (SSSR count).